The number of amides is 1. The molecule has 2 fully saturated rings. The Balaban J connectivity index is 1.24. The molecule has 1 amide bonds. The average Bonchev–Trinajstić information content (AvgIpc) is 3.40. The van der Waals surface area contributed by atoms with Crippen LogP contribution in [0.3, 0.4) is 0 Å². The molecular weight excluding hydrogens is 550 g/mol. The van der Waals surface area contributed by atoms with Crippen LogP contribution in [0.2, 0.25) is 0 Å². The van der Waals surface area contributed by atoms with Gasteiger partial charge in [-0.3, -0.25) is 14.0 Å². The molecule has 0 bridgehead atoms. The van der Waals surface area contributed by atoms with E-state index in [1.165, 1.54) is 5.56 Å². The molecule has 0 spiro atoms. The summed E-state index contributed by atoms with van der Waals surface area (Å²) in [4.78, 5) is 31.7. The number of carbonyl (C=O) groups excluding carboxylic acids is 1. The number of piperidine rings is 1. The number of aliphatic imine (C=N–C) groups is 1. The molecule has 2 saturated heterocycles. The van der Waals surface area contributed by atoms with Crippen molar-refractivity contribution in [1.82, 2.24) is 14.9 Å². The van der Waals surface area contributed by atoms with Gasteiger partial charge in [-0.15, -0.1) is 0 Å². The number of aromatic nitrogens is 2. The smallest absolute Gasteiger partial charge is 0.253 e. The second-order valence-electron chi connectivity index (χ2n) is 11.5. The van der Waals surface area contributed by atoms with Crippen molar-refractivity contribution in [1.29, 1.82) is 0 Å². The first kappa shape index (κ1) is 30.2. The normalized spacial score (nSPS) is 20.5. The molecule has 3 N–H and O–H groups in total. The Morgan fingerprint density at radius 1 is 1.24 bits per heavy atom. The summed E-state index contributed by atoms with van der Waals surface area (Å²) in [7, 11) is 2.42. The number of allylic oxidation sites excluding steroid dienone is 1. The van der Waals surface area contributed by atoms with E-state index in [4.69, 9.17) is 20.4 Å². The van der Waals surface area contributed by atoms with Gasteiger partial charge in [0.25, 0.3) is 5.91 Å². The molecule has 5 rings (SSSR count). The van der Waals surface area contributed by atoms with Gasteiger partial charge in [0.15, 0.2) is 0 Å². The molecular formula is C31H43N7O3S. The van der Waals surface area contributed by atoms with Gasteiger partial charge in [-0.25, -0.2) is 4.98 Å². The van der Waals surface area contributed by atoms with E-state index in [0.717, 1.165) is 92.9 Å². The fourth-order valence-electron chi connectivity index (χ4n) is 5.92. The van der Waals surface area contributed by atoms with Gasteiger partial charge in [0, 0.05) is 76.6 Å². The van der Waals surface area contributed by atoms with Crippen LogP contribution in [0, 0.1) is 5.92 Å². The maximum atomic E-state index is 13.2. The molecule has 1 atom stereocenters. The minimum atomic E-state index is -1.05. The highest BCUT2D eigenvalue weighted by Gasteiger charge is 2.29. The Kier molecular flexibility index (Phi) is 9.89. The topological polar surface area (TPSA) is 126 Å². The lowest BCUT2D eigenvalue weighted by atomic mass is 9.88. The van der Waals surface area contributed by atoms with Crippen LogP contribution >= 0.6 is 0 Å². The van der Waals surface area contributed by atoms with Crippen LogP contribution in [0.15, 0.2) is 45.4 Å². The zero-order valence-electron chi connectivity index (χ0n) is 25.0. The summed E-state index contributed by atoms with van der Waals surface area (Å²) in [5.74, 6) is 2.90. The third kappa shape index (κ3) is 7.00. The van der Waals surface area contributed by atoms with Crippen molar-refractivity contribution in [3.63, 3.8) is 0 Å². The molecule has 4 heterocycles. The molecule has 1 aromatic carbocycles. The number of anilines is 2. The highest BCUT2D eigenvalue weighted by Crippen LogP contribution is 2.34. The van der Waals surface area contributed by atoms with Crippen LogP contribution in [0.4, 0.5) is 11.8 Å². The molecule has 42 heavy (non-hydrogen) atoms. The number of hydrogen-bond donors (Lipinski definition) is 2. The minimum Gasteiger partial charge on any atom is -0.400 e. The molecule has 0 radical (unpaired) electrons. The summed E-state index contributed by atoms with van der Waals surface area (Å²) in [6.07, 6.45) is 6.38. The first-order valence-electron chi connectivity index (χ1n) is 14.9. The van der Waals surface area contributed by atoms with Crippen LogP contribution < -0.4 is 16.0 Å². The molecule has 11 heteroatoms. The van der Waals surface area contributed by atoms with Crippen molar-refractivity contribution < 1.29 is 13.7 Å². The van der Waals surface area contributed by atoms with Crippen LogP contribution in [0.1, 0.15) is 60.1 Å². The Hall–Kier alpha value is -3.31. The van der Waals surface area contributed by atoms with Crippen molar-refractivity contribution >= 4 is 34.7 Å². The molecule has 1 aromatic heterocycles. The number of likely N-dealkylation sites (N-methyl/N-ethyl adjacent to an activating group) is 1. The fourth-order valence-corrected chi connectivity index (χ4v) is 7.25. The molecule has 10 nitrogen and oxygen atoms in total. The first-order valence-corrected chi connectivity index (χ1v) is 16.2. The lowest BCUT2D eigenvalue weighted by Crippen LogP contribution is -2.35. The Morgan fingerprint density at radius 2 is 2.00 bits per heavy atom. The standard InChI is InChI=1S/C31H43N7O3S/c1-21(18-33-2)26(32)20-37(3)30(39)25-6-4-5-24(17-25)23-7-12-38(13-8-23)31-35-27-11-16-42(40)28(27)29(36-31)34-19-22-9-14-41-15-10-22/h4-6,17-18,22-23H,7-16,19-20,32H2,1-3H3,(H,34,35,36). The SMILES string of the molecule is CN=CC(C)=C(N)CN(C)C(=O)c1cccc(C2CCN(c3nc4c(c(NCC5CCOCC5)n3)S(=O)CC4)CC2)c1. The monoisotopic (exact) mass is 593 g/mol. The Labute approximate surface area is 251 Å². The van der Waals surface area contributed by atoms with Gasteiger partial charge in [-0.1, -0.05) is 12.1 Å². The van der Waals surface area contributed by atoms with E-state index in [1.807, 2.05) is 25.1 Å². The molecule has 1 unspecified atom stereocenters. The molecule has 226 valence electrons. The number of fused-ring (bicyclic) bond motifs is 1. The fraction of sp³-hybridized carbons (Fsp3) is 0.548. The quantitative estimate of drug-likeness (QED) is 0.424. The van der Waals surface area contributed by atoms with Gasteiger partial charge in [-0.05, 0) is 67.7 Å². The number of rotatable bonds is 9. The number of carbonyl (C=O) groups is 1. The summed E-state index contributed by atoms with van der Waals surface area (Å²) in [5.41, 5.74) is 10.4. The number of nitrogens with zero attached hydrogens (tertiary/aromatic N) is 5. The van der Waals surface area contributed by atoms with Gasteiger partial charge in [-0.2, -0.15) is 4.98 Å². The van der Waals surface area contributed by atoms with Crippen LogP contribution in [0.5, 0.6) is 0 Å². The Morgan fingerprint density at radius 3 is 2.74 bits per heavy atom. The molecule has 0 saturated carbocycles. The van der Waals surface area contributed by atoms with Crippen molar-refractivity contribution in [2.24, 2.45) is 16.6 Å². The van der Waals surface area contributed by atoms with E-state index in [2.05, 4.69) is 21.3 Å². The average molecular weight is 594 g/mol. The van der Waals surface area contributed by atoms with Gasteiger partial charge in [0.1, 0.15) is 10.7 Å². The number of nitrogens with one attached hydrogen (secondary N) is 1. The number of aryl methyl sites for hydroxylation is 1. The number of ether oxygens (including phenoxy) is 1. The molecule has 0 aliphatic carbocycles. The molecule has 2 aromatic rings. The van der Waals surface area contributed by atoms with Crippen LogP contribution in [0.25, 0.3) is 0 Å². The molecule has 3 aliphatic heterocycles. The van der Waals surface area contributed by atoms with Crippen LogP contribution in [-0.4, -0.2) is 90.4 Å². The lowest BCUT2D eigenvalue weighted by Gasteiger charge is -2.33. The Bertz CT molecular complexity index is 1360. The number of nitrogens with two attached hydrogens (primary N) is 1. The number of benzene rings is 1. The highest BCUT2D eigenvalue weighted by atomic mass is 32.2. The van der Waals surface area contributed by atoms with E-state index in [1.54, 1.807) is 25.2 Å². The van der Waals surface area contributed by atoms with E-state index in [9.17, 15) is 9.00 Å². The van der Waals surface area contributed by atoms with E-state index >= 15 is 0 Å². The van der Waals surface area contributed by atoms with Crippen molar-refractivity contribution in [2.45, 2.75) is 49.8 Å². The summed E-state index contributed by atoms with van der Waals surface area (Å²) in [5, 5.41) is 3.53. The van der Waals surface area contributed by atoms with Crippen molar-refractivity contribution in [3.05, 3.63) is 52.4 Å². The summed E-state index contributed by atoms with van der Waals surface area (Å²) in [6.45, 7) is 6.30. The zero-order chi connectivity index (χ0) is 29.6. The van der Waals surface area contributed by atoms with Gasteiger partial charge in [0.05, 0.1) is 23.0 Å². The summed E-state index contributed by atoms with van der Waals surface area (Å²) >= 11 is 0. The number of hydrogen-bond acceptors (Lipinski definition) is 9. The van der Waals surface area contributed by atoms with E-state index < -0.39 is 10.8 Å². The second kappa shape index (κ2) is 13.8. The minimum absolute atomic E-state index is 0.0526. The van der Waals surface area contributed by atoms with E-state index in [0.29, 0.717) is 35.4 Å². The van der Waals surface area contributed by atoms with Crippen molar-refractivity contribution in [2.75, 3.05) is 69.5 Å². The third-order valence-electron chi connectivity index (χ3n) is 8.54. The van der Waals surface area contributed by atoms with Gasteiger partial charge < -0.3 is 25.6 Å². The van der Waals surface area contributed by atoms with E-state index in [-0.39, 0.29) is 5.91 Å². The summed E-state index contributed by atoms with van der Waals surface area (Å²) in [6, 6.07) is 7.98. The largest absolute Gasteiger partial charge is 0.400 e. The maximum Gasteiger partial charge on any atom is 0.253 e. The predicted molar refractivity (Wildman–Crippen MR) is 168 cm³/mol. The first-order chi connectivity index (χ1) is 20.3. The molecule has 3 aliphatic rings. The lowest BCUT2D eigenvalue weighted by molar-refractivity contribution is 0.0699. The summed E-state index contributed by atoms with van der Waals surface area (Å²) < 4.78 is 18.3. The van der Waals surface area contributed by atoms with Gasteiger partial charge in [0.2, 0.25) is 5.95 Å². The zero-order valence-corrected chi connectivity index (χ0v) is 25.8. The highest BCUT2D eigenvalue weighted by molar-refractivity contribution is 7.85. The second-order valence-corrected chi connectivity index (χ2v) is 13.0. The maximum absolute atomic E-state index is 13.2. The third-order valence-corrected chi connectivity index (χ3v) is 10.0. The van der Waals surface area contributed by atoms with Gasteiger partial charge >= 0.3 is 0 Å². The predicted octanol–water partition coefficient (Wildman–Crippen LogP) is 3.37. The van der Waals surface area contributed by atoms with Crippen molar-refractivity contribution in [3.8, 4) is 0 Å². The van der Waals surface area contributed by atoms with Crippen LogP contribution in [-0.2, 0) is 22.0 Å².